The van der Waals surface area contributed by atoms with Crippen molar-refractivity contribution in [1.29, 1.82) is 0 Å². The van der Waals surface area contributed by atoms with Gasteiger partial charge in [0.1, 0.15) is 0 Å². The molecule has 12 heavy (non-hydrogen) atoms. The van der Waals surface area contributed by atoms with Crippen molar-refractivity contribution in [2.75, 3.05) is 7.05 Å². The number of nitrogens with one attached hydrogen (secondary N) is 1. The quantitative estimate of drug-likeness (QED) is 0.690. The molecular weight excluding hydrogens is 174 g/mol. The van der Waals surface area contributed by atoms with Crippen molar-refractivity contribution in [2.24, 2.45) is 0 Å². The van der Waals surface area contributed by atoms with Gasteiger partial charge in [0.25, 0.3) is 0 Å². The number of rotatable bonds is 3. The summed E-state index contributed by atoms with van der Waals surface area (Å²) in [5.41, 5.74) is 0.862. The highest BCUT2D eigenvalue weighted by atomic mass is 32.2. The van der Waals surface area contributed by atoms with E-state index < -0.39 is 11.1 Å². The normalized spacial score (nSPS) is 12.8. The van der Waals surface area contributed by atoms with Crippen LogP contribution < -0.4 is 5.32 Å². The molecule has 66 valence electrons. The summed E-state index contributed by atoms with van der Waals surface area (Å²) < 4.78 is 19.7. The highest BCUT2D eigenvalue weighted by Gasteiger charge is 2.04. The van der Waals surface area contributed by atoms with Crippen LogP contribution in [-0.4, -0.2) is 15.8 Å². The van der Waals surface area contributed by atoms with Gasteiger partial charge in [-0.15, -0.1) is 0 Å². The zero-order valence-electron chi connectivity index (χ0n) is 6.78. The van der Waals surface area contributed by atoms with Gasteiger partial charge < -0.3 is 9.87 Å². The number of hydrogen-bond donors (Lipinski definition) is 2. The Bertz CT molecular complexity index is 288. The summed E-state index contributed by atoms with van der Waals surface area (Å²) in [5.74, 6) is 0. The minimum Gasteiger partial charge on any atom is -0.316 e. The molecule has 0 aliphatic carbocycles. The lowest BCUT2D eigenvalue weighted by Gasteiger charge is -2.03. The van der Waals surface area contributed by atoms with E-state index in [1.807, 2.05) is 12.1 Å². The van der Waals surface area contributed by atoms with Crippen molar-refractivity contribution >= 4 is 11.1 Å². The van der Waals surface area contributed by atoms with Gasteiger partial charge in [0.05, 0.1) is 4.90 Å². The predicted molar refractivity (Wildman–Crippen MR) is 48.2 cm³/mol. The molecule has 1 unspecified atom stereocenters. The van der Waals surface area contributed by atoms with Gasteiger partial charge in [-0.05, 0) is 18.7 Å². The molecule has 1 aromatic rings. The van der Waals surface area contributed by atoms with Crippen molar-refractivity contribution in [1.82, 2.24) is 5.32 Å². The third kappa shape index (κ3) is 2.14. The van der Waals surface area contributed by atoms with Gasteiger partial charge >= 0.3 is 0 Å². The molecule has 0 saturated carbocycles. The van der Waals surface area contributed by atoms with Crippen LogP contribution in [0.1, 0.15) is 5.56 Å². The zero-order chi connectivity index (χ0) is 8.97. The number of hydrogen-bond acceptors (Lipinski definition) is 2. The Morgan fingerprint density at radius 3 is 2.75 bits per heavy atom. The van der Waals surface area contributed by atoms with Crippen LogP contribution in [-0.2, 0) is 17.6 Å². The van der Waals surface area contributed by atoms with Crippen molar-refractivity contribution in [2.45, 2.75) is 11.4 Å². The van der Waals surface area contributed by atoms with Gasteiger partial charge in [-0.1, -0.05) is 18.2 Å². The van der Waals surface area contributed by atoms with Crippen molar-refractivity contribution in [3.8, 4) is 0 Å². The van der Waals surface area contributed by atoms with E-state index >= 15 is 0 Å². The van der Waals surface area contributed by atoms with Gasteiger partial charge in [-0.25, -0.2) is 4.21 Å². The first-order valence-electron chi connectivity index (χ1n) is 3.59. The Morgan fingerprint density at radius 1 is 1.50 bits per heavy atom. The first-order chi connectivity index (χ1) is 5.75. The molecule has 4 heteroatoms. The lowest BCUT2D eigenvalue weighted by Crippen LogP contribution is -2.08. The molecule has 0 bridgehead atoms. The van der Waals surface area contributed by atoms with Crippen LogP contribution in [0.2, 0.25) is 0 Å². The summed E-state index contributed by atoms with van der Waals surface area (Å²) in [6.45, 7) is 0.614. The molecule has 0 aliphatic rings. The van der Waals surface area contributed by atoms with Gasteiger partial charge in [-0.2, -0.15) is 0 Å². The Labute approximate surface area is 74.1 Å². The molecule has 2 N–H and O–H groups in total. The Morgan fingerprint density at radius 2 is 2.17 bits per heavy atom. The van der Waals surface area contributed by atoms with Gasteiger partial charge in [0.2, 0.25) is 0 Å². The van der Waals surface area contributed by atoms with E-state index in [1.54, 1.807) is 19.2 Å². The largest absolute Gasteiger partial charge is 0.316 e. The highest BCUT2D eigenvalue weighted by Crippen LogP contribution is 2.11. The fourth-order valence-corrected chi connectivity index (χ4v) is 1.57. The van der Waals surface area contributed by atoms with Gasteiger partial charge in [0, 0.05) is 6.54 Å². The van der Waals surface area contributed by atoms with Crippen LogP contribution in [0.4, 0.5) is 0 Å². The van der Waals surface area contributed by atoms with Gasteiger partial charge in [0.15, 0.2) is 11.1 Å². The minimum atomic E-state index is -1.88. The summed E-state index contributed by atoms with van der Waals surface area (Å²) in [5, 5.41) is 2.93. The molecule has 0 aliphatic heterocycles. The van der Waals surface area contributed by atoms with Crippen molar-refractivity contribution < 1.29 is 8.76 Å². The Hall–Kier alpha value is -0.710. The van der Waals surface area contributed by atoms with Crippen LogP contribution in [0.15, 0.2) is 29.2 Å². The lowest BCUT2D eigenvalue weighted by molar-refractivity contribution is 0.562. The summed E-state index contributed by atoms with van der Waals surface area (Å²) >= 11 is -1.88. The third-order valence-electron chi connectivity index (χ3n) is 1.53. The van der Waals surface area contributed by atoms with E-state index in [1.165, 1.54) is 0 Å². The maximum absolute atomic E-state index is 10.8. The standard InChI is InChI=1S/C8H11NO2S/c1-9-6-7-4-2-3-5-8(7)12(10)11/h2-5,9H,6H2,1H3,(H,10,11). The van der Waals surface area contributed by atoms with Crippen molar-refractivity contribution in [3.05, 3.63) is 29.8 Å². The third-order valence-corrected chi connectivity index (χ3v) is 2.30. The Balaban J connectivity index is 3.00. The van der Waals surface area contributed by atoms with Crippen LogP contribution in [0.3, 0.4) is 0 Å². The fraction of sp³-hybridized carbons (Fsp3) is 0.250. The summed E-state index contributed by atoms with van der Waals surface area (Å²) in [4.78, 5) is 0.479. The zero-order valence-corrected chi connectivity index (χ0v) is 7.60. The average Bonchev–Trinajstić information content (AvgIpc) is 2.05. The maximum atomic E-state index is 10.8. The van der Waals surface area contributed by atoms with Gasteiger partial charge in [-0.3, -0.25) is 0 Å². The first kappa shape index (κ1) is 9.38. The van der Waals surface area contributed by atoms with Crippen LogP contribution in [0.25, 0.3) is 0 Å². The topological polar surface area (TPSA) is 49.3 Å². The SMILES string of the molecule is CNCc1ccccc1S(=O)O. The second-order valence-electron chi connectivity index (χ2n) is 2.39. The molecule has 0 saturated heterocycles. The second-order valence-corrected chi connectivity index (χ2v) is 3.33. The molecule has 0 spiro atoms. The van der Waals surface area contributed by atoms with E-state index in [0.29, 0.717) is 11.4 Å². The second kappa shape index (κ2) is 4.35. The van der Waals surface area contributed by atoms with E-state index in [0.717, 1.165) is 5.56 Å². The Kier molecular flexibility index (Phi) is 3.40. The summed E-state index contributed by atoms with van der Waals surface area (Å²) in [6.07, 6.45) is 0. The summed E-state index contributed by atoms with van der Waals surface area (Å²) in [7, 11) is 1.80. The highest BCUT2D eigenvalue weighted by molar-refractivity contribution is 7.79. The predicted octanol–water partition coefficient (Wildman–Crippen LogP) is 0.987. The fourth-order valence-electron chi connectivity index (χ4n) is 1.01. The lowest BCUT2D eigenvalue weighted by atomic mass is 10.2. The van der Waals surface area contributed by atoms with E-state index in [-0.39, 0.29) is 0 Å². The first-order valence-corrected chi connectivity index (χ1v) is 4.69. The maximum Gasteiger partial charge on any atom is 0.186 e. The molecule has 0 radical (unpaired) electrons. The van der Waals surface area contributed by atoms with Crippen LogP contribution >= 0.6 is 0 Å². The molecule has 0 aromatic heterocycles. The summed E-state index contributed by atoms with van der Waals surface area (Å²) in [6, 6.07) is 7.09. The molecule has 0 amide bonds. The number of benzene rings is 1. The van der Waals surface area contributed by atoms with Crippen LogP contribution in [0.5, 0.6) is 0 Å². The van der Waals surface area contributed by atoms with E-state index in [4.69, 9.17) is 4.55 Å². The van der Waals surface area contributed by atoms with Crippen LogP contribution in [0, 0.1) is 0 Å². The van der Waals surface area contributed by atoms with E-state index in [2.05, 4.69) is 5.32 Å². The smallest absolute Gasteiger partial charge is 0.186 e. The average molecular weight is 185 g/mol. The minimum absolute atomic E-state index is 0.479. The molecule has 1 atom stereocenters. The molecule has 1 aromatic carbocycles. The molecule has 0 fully saturated rings. The van der Waals surface area contributed by atoms with Crippen molar-refractivity contribution in [3.63, 3.8) is 0 Å². The molecule has 1 rings (SSSR count). The monoisotopic (exact) mass is 185 g/mol. The molecular formula is C8H11NO2S. The van der Waals surface area contributed by atoms with E-state index in [9.17, 15) is 4.21 Å². The molecule has 0 heterocycles. The molecule has 3 nitrogen and oxygen atoms in total.